The Morgan fingerprint density at radius 1 is 1.22 bits per heavy atom. The monoisotopic (exact) mass is 259 g/mol. The molecule has 2 fully saturated rings. The van der Waals surface area contributed by atoms with E-state index in [2.05, 4.69) is 5.32 Å². The highest BCUT2D eigenvalue weighted by atomic mass is 16.5. The standard InChI is InChI=1S/C10H17NO3.2C2H6/c1-8(12)11-7-9-6-10(14-9)2-4-13-5-3-10;2*1-2/h9H,2-7H2,1H3,(H,11,12);2*1-2H3. The highest BCUT2D eigenvalue weighted by molar-refractivity contribution is 5.72. The van der Waals surface area contributed by atoms with E-state index in [1.807, 2.05) is 27.7 Å². The van der Waals surface area contributed by atoms with Crippen LogP contribution in [0.2, 0.25) is 0 Å². The Kier molecular flexibility index (Phi) is 9.02. The number of amides is 1. The third-order valence-corrected chi connectivity index (χ3v) is 3.00. The van der Waals surface area contributed by atoms with Gasteiger partial charge in [0.2, 0.25) is 5.91 Å². The quantitative estimate of drug-likeness (QED) is 0.829. The zero-order valence-corrected chi connectivity index (χ0v) is 12.5. The van der Waals surface area contributed by atoms with E-state index in [9.17, 15) is 4.79 Å². The summed E-state index contributed by atoms with van der Waals surface area (Å²) in [5, 5.41) is 2.77. The maximum absolute atomic E-state index is 10.7. The van der Waals surface area contributed by atoms with E-state index in [-0.39, 0.29) is 17.6 Å². The molecule has 1 amide bonds. The number of hydrogen-bond acceptors (Lipinski definition) is 3. The van der Waals surface area contributed by atoms with Crippen LogP contribution in [0.3, 0.4) is 0 Å². The number of ether oxygens (including phenoxy) is 2. The maximum atomic E-state index is 10.7. The van der Waals surface area contributed by atoms with Gasteiger partial charge in [0.15, 0.2) is 0 Å². The second-order valence-corrected chi connectivity index (χ2v) is 4.18. The molecular formula is C14H29NO3. The molecule has 0 aromatic rings. The number of carbonyl (C=O) groups is 1. The highest BCUT2D eigenvalue weighted by Crippen LogP contribution is 2.40. The topological polar surface area (TPSA) is 47.6 Å². The SMILES string of the molecule is CC.CC.CC(=O)NCC1CC2(CCOCC2)O1. The fraction of sp³-hybridized carbons (Fsp3) is 0.929. The van der Waals surface area contributed by atoms with Crippen LogP contribution in [0.15, 0.2) is 0 Å². The van der Waals surface area contributed by atoms with Crippen molar-refractivity contribution < 1.29 is 14.3 Å². The Morgan fingerprint density at radius 3 is 2.17 bits per heavy atom. The summed E-state index contributed by atoms with van der Waals surface area (Å²) >= 11 is 0. The molecule has 0 aromatic carbocycles. The van der Waals surface area contributed by atoms with Crippen LogP contribution in [0.1, 0.15) is 53.9 Å². The van der Waals surface area contributed by atoms with Gasteiger partial charge in [-0.25, -0.2) is 0 Å². The van der Waals surface area contributed by atoms with Gasteiger partial charge in [-0.1, -0.05) is 27.7 Å². The molecule has 1 atom stereocenters. The molecule has 2 rings (SSSR count). The lowest BCUT2D eigenvalue weighted by Crippen LogP contribution is -2.56. The van der Waals surface area contributed by atoms with Crippen molar-refractivity contribution in [2.75, 3.05) is 19.8 Å². The van der Waals surface area contributed by atoms with E-state index in [0.29, 0.717) is 6.54 Å². The predicted molar refractivity (Wildman–Crippen MR) is 73.7 cm³/mol. The minimum Gasteiger partial charge on any atom is -0.381 e. The van der Waals surface area contributed by atoms with E-state index >= 15 is 0 Å². The lowest BCUT2D eigenvalue weighted by molar-refractivity contribution is -0.234. The van der Waals surface area contributed by atoms with Gasteiger partial charge in [-0.05, 0) is 12.8 Å². The van der Waals surface area contributed by atoms with E-state index < -0.39 is 0 Å². The lowest BCUT2D eigenvalue weighted by atomic mass is 9.82. The van der Waals surface area contributed by atoms with Gasteiger partial charge in [-0.3, -0.25) is 4.79 Å². The molecular weight excluding hydrogens is 230 g/mol. The van der Waals surface area contributed by atoms with Crippen LogP contribution in [0.5, 0.6) is 0 Å². The van der Waals surface area contributed by atoms with Crippen LogP contribution in [0.4, 0.5) is 0 Å². The molecule has 0 aliphatic carbocycles. The zero-order valence-electron chi connectivity index (χ0n) is 12.5. The molecule has 0 aromatic heterocycles. The number of rotatable bonds is 2. The van der Waals surface area contributed by atoms with Crippen LogP contribution in [-0.2, 0) is 14.3 Å². The van der Waals surface area contributed by atoms with Crippen molar-refractivity contribution in [3.63, 3.8) is 0 Å². The van der Waals surface area contributed by atoms with Crippen molar-refractivity contribution in [3.05, 3.63) is 0 Å². The average Bonchev–Trinajstić information content (AvgIpc) is 2.39. The summed E-state index contributed by atoms with van der Waals surface area (Å²) < 4.78 is 11.1. The maximum Gasteiger partial charge on any atom is 0.216 e. The van der Waals surface area contributed by atoms with Crippen LogP contribution in [-0.4, -0.2) is 37.4 Å². The van der Waals surface area contributed by atoms with Gasteiger partial charge in [-0.15, -0.1) is 0 Å². The van der Waals surface area contributed by atoms with Crippen LogP contribution < -0.4 is 5.32 Å². The van der Waals surface area contributed by atoms with E-state index in [1.54, 1.807) is 0 Å². The summed E-state index contributed by atoms with van der Waals surface area (Å²) in [7, 11) is 0. The first-order valence-corrected chi connectivity index (χ1v) is 7.20. The third-order valence-electron chi connectivity index (χ3n) is 3.00. The van der Waals surface area contributed by atoms with E-state index in [4.69, 9.17) is 9.47 Å². The van der Waals surface area contributed by atoms with Crippen LogP contribution in [0.25, 0.3) is 0 Å². The second kappa shape index (κ2) is 9.34. The van der Waals surface area contributed by atoms with Gasteiger partial charge in [0.25, 0.3) is 0 Å². The fourth-order valence-corrected chi connectivity index (χ4v) is 2.20. The van der Waals surface area contributed by atoms with Crippen molar-refractivity contribution in [2.24, 2.45) is 0 Å². The van der Waals surface area contributed by atoms with Gasteiger partial charge in [-0.2, -0.15) is 0 Å². The smallest absolute Gasteiger partial charge is 0.216 e. The Morgan fingerprint density at radius 2 is 1.72 bits per heavy atom. The van der Waals surface area contributed by atoms with Crippen LogP contribution in [0, 0.1) is 0 Å². The Labute approximate surface area is 111 Å². The molecule has 4 heteroatoms. The first-order valence-electron chi connectivity index (χ1n) is 7.20. The van der Waals surface area contributed by atoms with Gasteiger partial charge in [0, 0.05) is 33.1 Å². The number of carbonyl (C=O) groups excluding carboxylic acids is 1. The summed E-state index contributed by atoms with van der Waals surface area (Å²) in [4.78, 5) is 10.7. The van der Waals surface area contributed by atoms with Crippen molar-refractivity contribution in [1.82, 2.24) is 5.32 Å². The Hall–Kier alpha value is -0.610. The van der Waals surface area contributed by atoms with Crippen molar-refractivity contribution >= 4 is 5.91 Å². The molecule has 0 bridgehead atoms. The molecule has 2 saturated heterocycles. The molecule has 2 heterocycles. The number of hydrogen-bond donors (Lipinski definition) is 1. The summed E-state index contributed by atoms with van der Waals surface area (Å²) in [6, 6.07) is 0. The largest absolute Gasteiger partial charge is 0.381 e. The van der Waals surface area contributed by atoms with E-state index in [0.717, 1.165) is 32.5 Å². The minimum atomic E-state index is 0.0153. The van der Waals surface area contributed by atoms with Crippen LogP contribution >= 0.6 is 0 Å². The van der Waals surface area contributed by atoms with Gasteiger partial charge < -0.3 is 14.8 Å². The first kappa shape index (κ1) is 17.4. The molecule has 0 saturated carbocycles. The normalized spacial score (nSPS) is 23.7. The summed E-state index contributed by atoms with van der Waals surface area (Å²) in [5.74, 6) is 0.0153. The van der Waals surface area contributed by atoms with E-state index in [1.165, 1.54) is 6.92 Å². The molecule has 1 unspecified atom stereocenters. The fourth-order valence-electron chi connectivity index (χ4n) is 2.20. The molecule has 1 N–H and O–H groups in total. The average molecular weight is 259 g/mol. The second-order valence-electron chi connectivity index (χ2n) is 4.18. The van der Waals surface area contributed by atoms with Gasteiger partial charge >= 0.3 is 0 Å². The molecule has 2 aliphatic rings. The molecule has 18 heavy (non-hydrogen) atoms. The summed E-state index contributed by atoms with van der Waals surface area (Å²) in [6.07, 6.45) is 3.29. The van der Waals surface area contributed by atoms with Gasteiger partial charge in [0.1, 0.15) is 0 Å². The Balaban J connectivity index is 0.000000659. The summed E-state index contributed by atoms with van der Waals surface area (Å²) in [6.45, 7) is 11.8. The number of nitrogens with one attached hydrogen (secondary N) is 1. The van der Waals surface area contributed by atoms with Crippen molar-refractivity contribution in [1.29, 1.82) is 0 Å². The van der Waals surface area contributed by atoms with Gasteiger partial charge in [0.05, 0.1) is 11.7 Å². The molecule has 1 spiro atoms. The zero-order chi connectivity index (χ0) is 14.0. The van der Waals surface area contributed by atoms with Crippen molar-refractivity contribution in [3.8, 4) is 0 Å². The lowest BCUT2D eigenvalue weighted by Gasteiger charge is -2.50. The summed E-state index contributed by atoms with van der Waals surface area (Å²) in [5.41, 5.74) is 0.0847. The molecule has 108 valence electrons. The Bertz CT molecular complexity index is 217. The first-order chi connectivity index (χ1) is 8.70. The minimum absolute atomic E-state index is 0.0153. The predicted octanol–water partition coefficient (Wildman–Crippen LogP) is 2.51. The molecule has 4 nitrogen and oxygen atoms in total. The molecule has 0 radical (unpaired) electrons. The highest BCUT2D eigenvalue weighted by Gasteiger charge is 2.46. The molecule has 2 aliphatic heterocycles. The third kappa shape index (κ3) is 5.36. The van der Waals surface area contributed by atoms with Crippen molar-refractivity contribution in [2.45, 2.75) is 65.6 Å².